The fraction of sp³-hybridized carbons (Fsp3) is 0.263. The SMILES string of the molecule is O=C1C(c2cccs2)=C(N2CCCCC2)C(=O)N1c1cc(Cl)ccc1Cl. The van der Waals surface area contributed by atoms with E-state index in [1.165, 1.54) is 11.3 Å². The highest BCUT2D eigenvalue weighted by atomic mass is 35.5. The van der Waals surface area contributed by atoms with E-state index < -0.39 is 0 Å². The summed E-state index contributed by atoms with van der Waals surface area (Å²) in [6.07, 6.45) is 3.17. The highest BCUT2D eigenvalue weighted by molar-refractivity contribution is 7.11. The third-order valence-corrected chi connectivity index (χ3v) is 6.09. The van der Waals surface area contributed by atoms with Crippen LogP contribution >= 0.6 is 34.5 Å². The molecule has 3 heterocycles. The molecule has 4 rings (SSSR count). The fourth-order valence-corrected chi connectivity index (χ4v) is 4.58. The number of nitrogens with zero attached hydrogens (tertiary/aromatic N) is 2. The lowest BCUT2D eigenvalue weighted by molar-refractivity contribution is -0.120. The maximum absolute atomic E-state index is 13.3. The molecule has 0 N–H and O–H groups in total. The number of amides is 2. The number of halogens is 2. The molecule has 26 heavy (non-hydrogen) atoms. The summed E-state index contributed by atoms with van der Waals surface area (Å²) < 4.78 is 0. The lowest BCUT2D eigenvalue weighted by Gasteiger charge is -2.29. The molecular formula is C19H16Cl2N2O2S. The molecule has 4 nitrogen and oxygen atoms in total. The van der Waals surface area contributed by atoms with Gasteiger partial charge in [-0.2, -0.15) is 0 Å². The second kappa shape index (κ2) is 7.06. The van der Waals surface area contributed by atoms with Crippen LogP contribution in [0, 0.1) is 0 Å². The zero-order valence-electron chi connectivity index (χ0n) is 13.9. The number of piperidine rings is 1. The van der Waals surface area contributed by atoms with Gasteiger partial charge in [-0.3, -0.25) is 9.59 Å². The molecule has 0 radical (unpaired) electrons. The van der Waals surface area contributed by atoms with E-state index in [0.717, 1.165) is 42.1 Å². The number of hydrogen-bond donors (Lipinski definition) is 0. The van der Waals surface area contributed by atoms with Crippen LogP contribution in [-0.4, -0.2) is 29.8 Å². The van der Waals surface area contributed by atoms with Crippen LogP contribution in [0.15, 0.2) is 41.4 Å². The number of anilines is 1. The third kappa shape index (κ3) is 2.94. The predicted molar refractivity (Wildman–Crippen MR) is 106 cm³/mol. The molecule has 1 aromatic carbocycles. The topological polar surface area (TPSA) is 40.6 Å². The summed E-state index contributed by atoms with van der Waals surface area (Å²) in [5.41, 5.74) is 1.27. The van der Waals surface area contributed by atoms with Gasteiger partial charge in [0.1, 0.15) is 5.70 Å². The first-order valence-corrected chi connectivity index (χ1v) is 10.1. The van der Waals surface area contributed by atoms with Crippen molar-refractivity contribution in [2.75, 3.05) is 18.0 Å². The van der Waals surface area contributed by atoms with Gasteiger partial charge in [0.05, 0.1) is 16.3 Å². The van der Waals surface area contributed by atoms with Crippen molar-refractivity contribution in [3.63, 3.8) is 0 Å². The highest BCUT2D eigenvalue weighted by Gasteiger charge is 2.43. The monoisotopic (exact) mass is 406 g/mol. The van der Waals surface area contributed by atoms with Crippen molar-refractivity contribution in [3.8, 4) is 0 Å². The van der Waals surface area contributed by atoms with E-state index in [2.05, 4.69) is 0 Å². The minimum Gasteiger partial charge on any atom is -0.366 e. The molecule has 1 fully saturated rings. The number of carbonyl (C=O) groups excluding carboxylic acids is 2. The second-order valence-electron chi connectivity index (χ2n) is 6.29. The molecule has 0 bridgehead atoms. The molecule has 0 spiro atoms. The average Bonchev–Trinajstić information content (AvgIpc) is 3.24. The number of hydrogen-bond acceptors (Lipinski definition) is 4. The Morgan fingerprint density at radius 3 is 2.42 bits per heavy atom. The Labute approximate surface area is 165 Å². The summed E-state index contributed by atoms with van der Waals surface area (Å²) in [6.45, 7) is 1.56. The van der Waals surface area contributed by atoms with Crippen molar-refractivity contribution in [3.05, 3.63) is 56.3 Å². The molecule has 7 heteroatoms. The van der Waals surface area contributed by atoms with E-state index in [1.807, 2.05) is 22.4 Å². The maximum Gasteiger partial charge on any atom is 0.282 e. The van der Waals surface area contributed by atoms with E-state index >= 15 is 0 Å². The smallest absolute Gasteiger partial charge is 0.282 e. The van der Waals surface area contributed by atoms with E-state index in [-0.39, 0.29) is 11.8 Å². The Morgan fingerprint density at radius 1 is 0.962 bits per heavy atom. The van der Waals surface area contributed by atoms with Crippen molar-refractivity contribution in [1.29, 1.82) is 0 Å². The largest absolute Gasteiger partial charge is 0.366 e. The summed E-state index contributed by atoms with van der Waals surface area (Å²) in [5.74, 6) is -0.674. The molecule has 0 unspecified atom stereocenters. The zero-order valence-corrected chi connectivity index (χ0v) is 16.2. The molecule has 0 atom stereocenters. The number of rotatable bonds is 3. The summed E-state index contributed by atoms with van der Waals surface area (Å²) in [7, 11) is 0. The van der Waals surface area contributed by atoms with Gasteiger partial charge in [-0.05, 0) is 48.9 Å². The van der Waals surface area contributed by atoms with Crippen molar-refractivity contribution >= 4 is 57.6 Å². The van der Waals surface area contributed by atoms with Gasteiger partial charge in [0, 0.05) is 23.0 Å². The summed E-state index contributed by atoms with van der Waals surface area (Å²) in [6, 6.07) is 8.55. The first kappa shape index (κ1) is 17.6. The lowest BCUT2D eigenvalue weighted by Crippen LogP contribution is -2.37. The van der Waals surface area contributed by atoms with E-state index in [0.29, 0.717) is 27.0 Å². The Bertz CT molecular complexity index is 902. The predicted octanol–water partition coefficient (Wildman–Crippen LogP) is 4.83. The van der Waals surface area contributed by atoms with Crippen LogP contribution in [0.2, 0.25) is 10.0 Å². The van der Waals surface area contributed by atoms with E-state index in [1.54, 1.807) is 18.2 Å². The number of likely N-dealkylation sites (tertiary alicyclic amines) is 1. The molecule has 2 aliphatic rings. The van der Waals surface area contributed by atoms with Gasteiger partial charge in [0.2, 0.25) is 0 Å². The van der Waals surface area contributed by atoms with Crippen LogP contribution in [0.25, 0.3) is 5.57 Å². The summed E-state index contributed by atoms with van der Waals surface area (Å²) >= 11 is 13.8. The number of imide groups is 1. The van der Waals surface area contributed by atoms with Crippen LogP contribution in [0.4, 0.5) is 5.69 Å². The fourth-order valence-electron chi connectivity index (χ4n) is 3.45. The van der Waals surface area contributed by atoms with Crippen LogP contribution in [0.1, 0.15) is 24.1 Å². The Hall–Kier alpha value is -1.82. The van der Waals surface area contributed by atoms with Crippen molar-refractivity contribution < 1.29 is 9.59 Å². The molecule has 0 saturated carbocycles. The van der Waals surface area contributed by atoms with Crippen LogP contribution in [0.5, 0.6) is 0 Å². The van der Waals surface area contributed by atoms with Crippen molar-refractivity contribution in [1.82, 2.24) is 4.90 Å². The quantitative estimate of drug-likeness (QED) is 0.685. The van der Waals surface area contributed by atoms with Gasteiger partial charge in [-0.1, -0.05) is 29.3 Å². The Balaban J connectivity index is 1.84. The van der Waals surface area contributed by atoms with Gasteiger partial charge in [0.15, 0.2) is 0 Å². The summed E-state index contributed by atoms with van der Waals surface area (Å²) in [5, 5.41) is 2.65. The maximum atomic E-state index is 13.3. The third-order valence-electron chi connectivity index (χ3n) is 4.65. The number of thiophene rings is 1. The van der Waals surface area contributed by atoms with Crippen LogP contribution in [0.3, 0.4) is 0 Å². The molecule has 2 amide bonds. The van der Waals surface area contributed by atoms with E-state index in [9.17, 15) is 9.59 Å². The first-order chi connectivity index (χ1) is 12.6. The molecule has 1 aromatic heterocycles. The second-order valence-corrected chi connectivity index (χ2v) is 8.08. The van der Waals surface area contributed by atoms with E-state index in [4.69, 9.17) is 23.2 Å². The number of benzene rings is 1. The van der Waals surface area contributed by atoms with Crippen LogP contribution in [-0.2, 0) is 9.59 Å². The molecule has 1 saturated heterocycles. The minimum absolute atomic E-state index is 0.321. The van der Waals surface area contributed by atoms with Gasteiger partial charge in [-0.25, -0.2) is 4.90 Å². The Morgan fingerprint density at radius 2 is 1.73 bits per heavy atom. The lowest BCUT2D eigenvalue weighted by atomic mass is 10.1. The summed E-state index contributed by atoms with van der Waals surface area (Å²) in [4.78, 5) is 30.5. The van der Waals surface area contributed by atoms with Gasteiger partial charge in [-0.15, -0.1) is 11.3 Å². The number of carbonyl (C=O) groups is 2. The van der Waals surface area contributed by atoms with Crippen LogP contribution < -0.4 is 4.90 Å². The highest BCUT2D eigenvalue weighted by Crippen LogP contribution is 2.40. The molecule has 2 aliphatic heterocycles. The average molecular weight is 407 g/mol. The normalized spacial score (nSPS) is 18.2. The molecule has 2 aromatic rings. The molecule has 0 aliphatic carbocycles. The molecular weight excluding hydrogens is 391 g/mol. The zero-order chi connectivity index (χ0) is 18.3. The first-order valence-electron chi connectivity index (χ1n) is 8.45. The van der Waals surface area contributed by atoms with Crippen molar-refractivity contribution in [2.24, 2.45) is 0 Å². The van der Waals surface area contributed by atoms with Gasteiger partial charge in [0.25, 0.3) is 11.8 Å². The standard InChI is InChI=1S/C19H16Cl2N2O2S/c20-12-6-7-13(21)14(11-12)23-18(24)16(15-5-4-10-26-15)17(19(23)25)22-8-2-1-3-9-22/h4-7,10-11H,1-3,8-9H2. The molecule has 134 valence electrons. The minimum atomic E-state index is -0.345. The van der Waals surface area contributed by atoms with Crippen molar-refractivity contribution in [2.45, 2.75) is 19.3 Å². The van der Waals surface area contributed by atoms with Gasteiger partial charge < -0.3 is 4.90 Å². The Kier molecular flexibility index (Phi) is 4.78. The van der Waals surface area contributed by atoms with Gasteiger partial charge >= 0.3 is 0 Å².